The van der Waals surface area contributed by atoms with Crippen LogP contribution < -0.4 is 19.6 Å². The van der Waals surface area contributed by atoms with Crippen LogP contribution in [-0.2, 0) is 16.0 Å². The van der Waals surface area contributed by atoms with Crippen LogP contribution in [0.3, 0.4) is 0 Å². The molecule has 0 aliphatic heterocycles. The highest BCUT2D eigenvalue weighted by molar-refractivity contribution is 5.89. The van der Waals surface area contributed by atoms with E-state index < -0.39 is 18.0 Å². The Bertz CT molecular complexity index is 1620. The number of aliphatic hydroxyl groups excluding tert-OH is 1. The zero-order valence-electron chi connectivity index (χ0n) is 24.6. The van der Waals surface area contributed by atoms with Crippen LogP contribution in [0.1, 0.15) is 5.56 Å². The maximum atomic E-state index is 12.5. The van der Waals surface area contributed by atoms with Crippen molar-refractivity contribution in [1.82, 2.24) is 4.90 Å². The summed E-state index contributed by atoms with van der Waals surface area (Å²) in [5.41, 5.74) is 2.28. The van der Waals surface area contributed by atoms with Gasteiger partial charge in [-0.3, -0.25) is 4.79 Å². The molecule has 11 nitrogen and oxygen atoms in total. The quantitative estimate of drug-likeness (QED) is 0.189. The smallest absolute Gasteiger partial charge is 0.328 e. The van der Waals surface area contributed by atoms with Crippen LogP contribution in [0.15, 0.2) is 94.2 Å². The Labute approximate surface area is 254 Å². The Morgan fingerprint density at radius 2 is 1.59 bits per heavy atom. The summed E-state index contributed by atoms with van der Waals surface area (Å²) in [4.78, 5) is 33.7. The monoisotopic (exact) mass is 605 g/mol. The first-order valence-corrected chi connectivity index (χ1v) is 13.6. The lowest BCUT2D eigenvalue weighted by molar-refractivity contribution is -0.134. The average Bonchev–Trinajstić information content (AvgIpc) is 3.02. The Balaban J connectivity index is 0.000000583. The van der Waals surface area contributed by atoms with Gasteiger partial charge in [0.05, 0.1) is 19.6 Å². The van der Waals surface area contributed by atoms with Crippen molar-refractivity contribution >= 4 is 22.9 Å². The van der Waals surface area contributed by atoms with Gasteiger partial charge < -0.3 is 38.8 Å². The number of carboxylic acids is 2. The Hall–Kier alpha value is -5.13. The number of carbonyl (C=O) groups is 2. The summed E-state index contributed by atoms with van der Waals surface area (Å²) in [6, 6.07) is 21.9. The summed E-state index contributed by atoms with van der Waals surface area (Å²) in [7, 11) is 5.19. The predicted molar refractivity (Wildman–Crippen MR) is 165 cm³/mol. The number of hydrogen-bond donors (Lipinski definition) is 3. The normalized spacial score (nSPS) is 11.6. The minimum Gasteiger partial charge on any atom is -0.493 e. The largest absolute Gasteiger partial charge is 0.493 e. The predicted octanol–water partition coefficient (Wildman–Crippen LogP) is 4.10. The van der Waals surface area contributed by atoms with Gasteiger partial charge in [0.15, 0.2) is 16.9 Å². The van der Waals surface area contributed by atoms with E-state index in [1.165, 1.54) is 6.07 Å². The minimum absolute atomic E-state index is 0.113. The number of fused-ring (bicyclic) bond motifs is 1. The zero-order valence-corrected chi connectivity index (χ0v) is 24.6. The van der Waals surface area contributed by atoms with Gasteiger partial charge in [0.1, 0.15) is 29.8 Å². The second-order valence-electron chi connectivity index (χ2n) is 9.68. The maximum Gasteiger partial charge on any atom is 0.328 e. The van der Waals surface area contributed by atoms with Gasteiger partial charge in [0.2, 0.25) is 0 Å². The lowest BCUT2D eigenvalue weighted by Crippen LogP contribution is -2.34. The van der Waals surface area contributed by atoms with Gasteiger partial charge in [-0.1, -0.05) is 36.4 Å². The molecule has 232 valence electrons. The number of benzene rings is 3. The number of carboxylic acid groups (broad SMARTS) is 2. The zero-order chi connectivity index (χ0) is 32.1. The summed E-state index contributed by atoms with van der Waals surface area (Å²) in [5, 5.41) is 26.6. The summed E-state index contributed by atoms with van der Waals surface area (Å²) in [6.45, 7) is 1.33. The second kappa shape index (κ2) is 16.5. The van der Waals surface area contributed by atoms with E-state index in [1.807, 2.05) is 55.6 Å². The van der Waals surface area contributed by atoms with E-state index in [0.717, 1.165) is 24.1 Å². The Morgan fingerprint density at radius 3 is 2.23 bits per heavy atom. The van der Waals surface area contributed by atoms with Crippen LogP contribution in [0.25, 0.3) is 22.3 Å². The van der Waals surface area contributed by atoms with Crippen molar-refractivity contribution in [3.05, 3.63) is 101 Å². The van der Waals surface area contributed by atoms with E-state index in [-0.39, 0.29) is 12.0 Å². The Kier molecular flexibility index (Phi) is 12.5. The van der Waals surface area contributed by atoms with Gasteiger partial charge in [0, 0.05) is 42.9 Å². The van der Waals surface area contributed by atoms with Crippen molar-refractivity contribution < 1.29 is 43.5 Å². The van der Waals surface area contributed by atoms with Crippen LogP contribution in [0, 0.1) is 0 Å². The maximum absolute atomic E-state index is 12.5. The van der Waals surface area contributed by atoms with E-state index in [4.69, 9.17) is 28.8 Å². The van der Waals surface area contributed by atoms with Crippen molar-refractivity contribution in [1.29, 1.82) is 0 Å². The summed E-state index contributed by atoms with van der Waals surface area (Å²) in [6.07, 6.45) is 1.24. The van der Waals surface area contributed by atoms with Crippen molar-refractivity contribution in [2.75, 3.05) is 41.0 Å². The van der Waals surface area contributed by atoms with Gasteiger partial charge >= 0.3 is 11.9 Å². The van der Waals surface area contributed by atoms with E-state index in [2.05, 4.69) is 4.90 Å². The number of nitrogens with zero attached hydrogens (tertiary/aromatic N) is 1. The number of methoxy groups -OCH3 is 2. The van der Waals surface area contributed by atoms with Crippen LogP contribution >= 0.6 is 0 Å². The molecule has 0 aliphatic carbocycles. The highest BCUT2D eigenvalue weighted by Gasteiger charge is 2.12. The number of rotatable bonds is 13. The summed E-state index contributed by atoms with van der Waals surface area (Å²) in [5.74, 6) is -0.0799. The summed E-state index contributed by atoms with van der Waals surface area (Å²) < 4.78 is 22.4. The van der Waals surface area contributed by atoms with E-state index in [9.17, 15) is 19.5 Å². The third kappa shape index (κ3) is 10.3. The van der Waals surface area contributed by atoms with Gasteiger partial charge in [-0.15, -0.1) is 0 Å². The molecule has 44 heavy (non-hydrogen) atoms. The first-order chi connectivity index (χ1) is 21.1. The van der Waals surface area contributed by atoms with Crippen LogP contribution in [-0.4, -0.2) is 79.2 Å². The van der Waals surface area contributed by atoms with Gasteiger partial charge in [-0.2, -0.15) is 0 Å². The second-order valence-corrected chi connectivity index (χ2v) is 9.68. The van der Waals surface area contributed by atoms with E-state index in [1.54, 1.807) is 32.4 Å². The van der Waals surface area contributed by atoms with Crippen molar-refractivity contribution in [2.24, 2.45) is 0 Å². The fraction of sp³-hybridized carbons (Fsp3) is 0.242. The molecule has 0 radical (unpaired) electrons. The Morgan fingerprint density at radius 1 is 0.909 bits per heavy atom. The van der Waals surface area contributed by atoms with Gasteiger partial charge in [-0.25, -0.2) is 9.59 Å². The van der Waals surface area contributed by atoms with Crippen molar-refractivity contribution in [3.63, 3.8) is 0 Å². The fourth-order valence-corrected chi connectivity index (χ4v) is 4.16. The summed E-state index contributed by atoms with van der Waals surface area (Å²) >= 11 is 0. The molecule has 1 atom stereocenters. The number of ether oxygens (including phenoxy) is 3. The lowest BCUT2D eigenvalue weighted by atomic mass is 10.1. The molecule has 1 heterocycles. The van der Waals surface area contributed by atoms with Gasteiger partial charge in [-0.05, 0) is 43.3 Å². The highest BCUT2D eigenvalue weighted by atomic mass is 16.5. The molecule has 0 bridgehead atoms. The minimum atomic E-state index is -1.26. The molecule has 1 aromatic heterocycles. The van der Waals surface area contributed by atoms with Crippen LogP contribution in [0.2, 0.25) is 0 Å². The molecule has 4 aromatic rings. The molecular weight excluding hydrogens is 570 g/mol. The standard InChI is InChI=1S/C29H31NO6.C4H4O4/c1-30(14-13-20-9-12-26(33-2)29(15-20)34-3)18-22(31)19-35-23-10-11-24-25(32)17-27(36-28(24)16-23)21-7-5-4-6-8-21;5-3(6)1-2-4(7)8/h4-12,15-17,22,31H,13-14,18-19H2,1-3H3;1-2H,(H,5,6)(H,7,8). The molecule has 0 fully saturated rings. The molecule has 0 spiro atoms. The molecule has 0 saturated carbocycles. The molecule has 0 amide bonds. The fourth-order valence-electron chi connectivity index (χ4n) is 4.16. The molecule has 0 aliphatic rings. The third-order valence-corrected chi connectivity index (χ3v) is 6.32. The van der Waals surface area contributed by atoms with Gasteiger partial charge in [0.25, 0.3) is 0 Å². The molecular formula is C33H35NO10. The number of aliphatic carboxylic acids is 2. The number of likely N-dealkylation sites (N-methyl/N-ethyl adjacent to an activating group) is 1. The van der Waals surface area contributed by atoms with Crippen LogP contribution in [0.4, 0.5) is 0 Å². The molecule has 0 saturated heterocycles. The molecule has 3 aromatic carbocycles. The molecule has 11 heteroatoms. The van der Waals surface area contributed by atoms with E-state index >= 15 is 0 Å². The number of aliphatic hydroxyl groups is 1. The third-order valence-electron chi connectivity index (χ3n) is 6.32. The lowest BCUT2D eigenvalue weighted by Gasteiger charge is -2.21. The average molecular weight is 606 g/mol. The first kappa shape index (κ1) is 33.4. The van der Waals surface area contributed by atoms with E-state index in [0.29, 0.717) is 52.7 Å². The first-order valence-electron chi connectivity index (χ1n) is 13.6. The SMILES string of the molecule is COc1ccc(CCN(C)CC(O)COc2ccc3c(=O)cc(-c4ccccc4)oc3c2)cc1OC.O=C(O)C=CC(=O)O. The van der Waals surface area contributed by atoms with Crippen molar-refractivity contribution in [2.45, 2.75) is 12.5 Å². The van der Waals surface area contributed by atoms with Crippen molar-refractivity contribution in [3.8, 4) is 28.6 Å². The highest BCUT2D eigenvalue weighted by Crippen LogP contribution is 2.28. The molecule has 3 N–H and O–H groups in total. The topological polar surface area (TPSA) is 156 Å². The number of hydrogen-bond acceptors (Lipinski definition) is 9. The molecule has 1 unspecified atom stereocenters. The molecule has 4 rings (SSSR count). The van der Waals surface area contributed by atoms with Crippen LogP contribution in [0.5, 0.6) is 17.2 Å².